The highest BCUT2D eigenvalue weighted by Gasteiger charge is 2.34. The van der Waals surface area contributed by atoms with Crippen LogP contribution < -0.4 is 4.74 Å². The van der Waals surface area contributed by atoms with Gasteiger partial charge in [0.25, 0.3) is 0 Å². The Morgan fingerprint density at radius 3 is 2.75 bits per heavy atom. The molecule has 2 aliphatic rings. The predicted octanol–water partition coefficient (Wildman–Crippen LogP) is 1.73. The number of benzene rings is 1. The van der Waals surface area contributed by atoms with Crippen molar-refractivity contribution in [1.82, 2.24) is 4.90 Å². The standard InChI is InChI=1S/C13H15NO2/c15-13-10-5-1-2-6-12(10)16-9-11(13)14-7-3-4-8-14/h1-2,5-6,11H,3-4,7-9H2. The summed E-state index contributed by atoms with van der Waals surface area (Å²) in [6, 6.07) is 7.47. The minimum Gasteiger partial charge on any atom is -0.491 e. The van der Waals surface area contributed by atoms with Gasteiger partial charge < -0.3 is 4.74 Å². The van der Waals surface area contributed by atoms with Crippen molar-refractivity contribution in [3.8, 4) is 5.75 Å². The molecule has 1 aromatic rings. The first-order chi connectivity index (χ1) is 7.86. The van der Waals surface area contributed by atoms with E-state index in [1.54, 1.807) is 0 Å². The van der Waals surface area contributed by atoms with Crippen LogP contribution >= 0.6 is 0 Å². The number of para-hydroxylation sites is 1. The van der Waals surface area contributed by atoms with E-state index in [9.17, 15) is 4.79 Å². The quantitative estimate of drug-likeness (QED) is 0.717. The van der Waals surface area contributed by atoms with E-state index in [-0.39, 0.29) is 11.8 Å². The normalized spacial score (nSPS) is 25.2. The summed E-state index contributed by atoms with van der Waals surface area (Å²) in [6.45, 7) is 2.57. The van der Waals surface area contributed by atoms with E-state index < -0.39 is 0 Å². The van der Waals surface area contributed by atoms with Crippen LogP contribution in [-0.4, -0.2) is 36.4 Å². The number of ketones is 1. The third-order valence-electron chi connectivity index (χ3n) is 3.43. The zero-order valence-electron chi connectivity index (χ0n) is 9.19. The second-order valence-electron chi connectivity index (χ2n) is 4.43. The molecule has 0 radical (unpaired) electrons. The van der Waals surface area contributed by atoms with E-state index in [0.29, 0.717) is 6.61 Å². The van der Waals surface area contributed by atoms with Crippen LogP contribution in [0.2, 0.25) is 0 Å². The van der Waals surface area contributed by atoms with Gasteiger partial charge in [0.15, 0.2) is 5.78 Å². The largest absolute Gasteiger partial charge is 0.491 e. The molecule has 0 N–H and O–H groups in total. The highest BCUT2D eigenvalue weighted by atomic mass is 16.5. The maximum absolute atomic E-state index is 12.3. The first-order valence-corrected chi connectivity index (χ1v) is 5.86. The fourth-order valence-corrected chi connectivity index (χ4v) is 2.54. The van der Waals surface area contributed by atoms with Gasteiger partial charge in [0, 0.05) is 0 Å². The maximum Gasteiger partial charge on any atom is 0.187 e. The Bertz CT molecular complexity index is 410. The Morgan fingerprint density at radius 2 is 1.94 bits per heavy atom. The molecular formula is C13H15NO2. The second-order valence-corrected chi connectivity index (χ2v) is 4.43. The fourth-order valence-electron chi connectivity index (χ4n) is 2.54. The number of carbonyl (C=O) groups excluding carboxylic acids is 1. The lowest BCUT2D eigenvalue weighted by Crippen LogP contribution is -2.46. The monoisotopic (exact) mass is 217 g/mol. The maximum atomic E-state index is 12.3. The molecule has 2 heterocycles. The highest BCUT2D eigenvalue weighted by Crippen LogP contribution is 2.27. The van der Waals surface area contributed by atoms with Crippen molar-refractivity contribution < 1.29 is 9.53 Å². The number of hydrogen-bond donors (Lipinski definition) is 0. The molecule has 1 atom stereocenters. The van der Waals surface area contributed by atoms with Gasteiger partial charge >= 0.3 is 0 Å². The van der Waals surface area contributed by atoms with Crippen molar-refractivity contribution >= 4 is 5.78 Å². The Balaban J connectivity index is 1.88. The molecule has 0 aromatic heterocycles. The van der Waals surface area contributed by atoms with Crippen molar-refractivity contribution in [2.45, 2.75) is 18.9 Å². The predicted molar refractivity (Wildman–Crippen MR) is 60.9 cm³/mol. The summed E-state index contributed by atoms with van der Waals surface area (Å²) in [5, 5.41) is 0. The summed E-state index contributed by atoms with van der Waals surface area (Å²) in [4.78, 5) is 14.5. The van der Waals surface area contributed by atoms with Crippen molar-refractivity contribution in [3.63, 3.8) is 0 Å². The molecule has 1 unspecified atom stereocenters. The van der Waals surface area contributed by atoms with Crippen LogP contribution in [0.15, 0.2) is 24.3 Å². The van der Waals surface area contributed by atoms with Gasteiger partial charge in [-0.05, 0) is 38.1 Å². The Labute approximate surface area is 95.0 Å². The Kier molecular flexibility index (Phi) is 2.40. The molecule has 2 aliphatic heterocycles. The van der Waals surface area contributed by atoms with E-state index >= 15 is 0 Å². The van der Waals surface area contributed by atoms with Crippen LogP contribution in [0.3, 0.4) is 0 Å². The molecule has 0 spiro atoms. The number of rotatable bonds is 1. The molecular weight excluding hydrogens is 202 g/mol. The van der Waals surface area contributed by atoms with Crippen molar-refractivity contribution in [2.75, 3.05) is 19.7 Å². The molecule has 1 saturated heterocycles. The summed E-state index contributed by atoms with van der Waals surface area (Å²) in [5.41, 5.74) is 0.741. The topological polar surface area (TPSA) is 29.5 Å². The minimum absolute atomic E-state index is 0.0580. The molecule has 0 bridgehead atoms. The molecule has 3 nitrogen and oxygen atoms in total. The molecule has 0 aliphatic carbocycles. The van der Waals surface area contributed by atoms with E-state index in [0.717, 1.165) is 24.4 Å². The van der Waals surface area contributed by atoms with E-state index in [4.69, 9.17) is 4.74 Å². The molecule has 84 valence electrons. The second kappa shape index (κ2) is 3.91. The summed E-state index contributed by atoms with van der Waals surface area (Å²) in [7, 11) is 0. The van der Waals surface area contributed by atoms with Gasteiger partial charge in [-0.2, -0.15) is 0 Å². The van der Waals surface area contributed by atoms with Crippen LogP contribution in [0.4, 0.5) is 0 Å². The van der Waals surface area contributed by atoms with Gasteiger partial charge in [0.2, 0.25) is 0 Å². The lowest BCUT2D eigenvalue weighted by atomic mass is 10.0. The first kappa shape index (κ1) is 9.85. The number of Topliss-reactive ketones (excluding diaryl/α,β-unsaturated/α-hetero) is 1. The van der Waals surface area contributed by atoms with E-state index in [2.05, 4.69) is 4.90 Å². The molecule has 1 aromatic carbocycles. The van der Waals surface area contributed by atoms with Crippen LogP contribution in [0.25, 0.3) is 0 Å². The van der Waals surface area contributed by atoms with Crippen molar-refractivity contribution in [2.24, 2.45) is 0 Å². The van der Waals surface area contributed by atoms with Crippen molar-refractivity contribution in [3.05, 3.63) is 29.8 Å². The summed E-state index contributed by atoms with van der Waals surface area (Å²) >= 11 is 0. The molecule has 0 saturated carbocycles. The van der Waals surface area contributed by atoms with Gasteiger partial charge in [-0.15, -0.1) is 0 Å². The average Bonchev–Trinajstić information content (AvgIpc) is 2.83. The van der Waals surface area contributed by atoms with Crippen molar-refractivity contribution in [1.29, 1.82) is 0 Å². The summed E-state index contributed by atoms with van der Waals surface area (Å²) < 4.78 is 5.66. The minimum atomic E-state index is -0.0580. The van der Waals surface area contributed by atoms with Gasteiger partial charge in [0.05, 0.1) is 5.56 Å². The highest BCUT2D eigenvalue weighted by molar-refractivity contribution is 6.03. The van der Waals surface area contributed by atoms with Gasteiger partial charge in [-0.25, -0.2) is 0 Å². The molecule has 1 fully saturated rings. The number of likely N-dealkylation sites (tertiary alicyclic amines) is 1. The van der Waals surface area contributed by atoms with Crippen LogP contribution in [0.1, 0.15) is 23.2 Å². The first-order valence-electron chi connectivity index (χ1n) is 5.86. The molecule has 16 heavy (non-hydrogen) atoms. The summed E-state index contributed by atoms with van der Waals surface area (Å²) in [6.07, 6.45) is 2.40. The number of fused-ring (bicyclic) bond motifs is 1. The average molecular weight is 217 g/mol. The third kappa shape index (κ3) is 1.52. The number of carbonyl (C=O) groups is 1. The van der Waals surface area contributed by atoms with Gasteiger partial charge in [-0.3, -0.25) is 9.69 Å². The van der Waals surface area contributed by atoms with Crippen LogP contribution in [0.5, 0.6) is 5.75 Å². The zero-order chi connectivity index (χ0) is 11.0. The number of nitrogens with zero attached hydrogens (tertiary/aromatic N) is 1. The number of hydrogen-bond acceptors (Lipinski definition) is 3. The van der Waals surface area contributed by atoms with Gasteiger partial charge in [-0.1, -0.05) is 12.1 Å². The Hall–Kier alpha value is -1.35. The summed E-state index contributed by atoms with van der Waals surface area (Å²) in [5.74, 6) is 0.965. The van der Waals surface area contributed by atoms with Crippen LogP contribution in [0, 0.1) is 0 Å². The van der Waals surface area contributed by atoms with Crippen LogP contribution in [-0.2, 0) is 0 Å². The number of ether oxygens (including phenoxy) is 1. The van der Waals surface area contributed by atoms with E-state index in [1.807, 2.05) is 24.3 Å². The zero-order valence-corrected chi connectivity index (χ0v) is 9.19. The van der Waals surface area contributed by atoms with Gasteiger partial charge in [0.1, 0.15) is 18.4 Å². The molecule has 3 heteroatoms. The smallest absolute Gasteiger partial charge is 0.187 e. The lowest BCUT2D eigenvalue weighted by Gasteiger charge is -2.30. The van der Waals surface area contributed by atoms with E-state index in [1.165, 1.54) is 12.8 Å². The third-order valence-corrected chi connectivity index (χ3v) is 3.43. The molecule has 3 rings (SSSR count). The SMILES string of the molecule is O=C1c2ccccc2OCC1N1CCCC1. The Morgan fingerprint density at radius 1 is 1.19 bits per heavy atom. The lowest BCUT2D eigenvalue weighted by molar-refractivity contribution is 0.0719. The fraction of sp³-hybridized carbons (Fsp3) is 0.462. The molecule has 0 amide bonds.